The molecule has 6 heteroatoms. The molecule has 3 nitrogen and oxygen atoms in total. The van der Waals surface area contributed by atoms with Crippen molar-refractivity contribution in [2.24, 2.45) is 7.05 Å². The Labute approximate surface area is 114 Å². The fourth-order valence-corrected chi connectivity index (χ4v) is 1.86. The molecule has 1 aromatic carbocycles. The number of hydrogen-bond acceptors (Lipinski definition) is 1. The smallest absolute Gasteiger partial charge is 0.290 e. The van der Waals surface area contributed by atoms with Crippen LogP contribution < -0.4 is 4.57 Å². The number of Topliss-reactive ketones (excluding diaryl/α,β-unsaturated/α-hetero) is 1. The molecule has 0 N–H and O–H groups in total. The molecular weight excluding hydrogens is 269 g/mol. The molecule has 0 saturated carbocycles. The zero-order valence-corrected chi connectivity index (χ0v) is 11.1. The standard InChI is InChI=1S/C14H14F3N2O/c1-10-18(2)7-8-19(10)9-13(20)11-3-5-12(6-4-11)14(15,16)17/h3-8H,9H2,1-2H3/q+1. The summed E-state index contributed by atoms with van der Waals surface area (Å²) in [6.07, 6.45) is -0.807. The van der Waals surface area contributed by atoms with Crippen molar-refractivity contribution in [3.63, 3.8) is 0 Å². The number of carbonyl (C=O) groups excluding carboxylic acids is 1. The molecule has 0 radical (unpaired) electrons. The number of imidazole rings is 1. The zero-order chi connectivity index (χ0) is 14.9. The molecule has 0 aliphatic carbocycles. The highest BCUT2D eigenvalue weighted by Gasteiger charge is 2.30. The minimum Gasteiger partial charge on any atom is -0.290 e. The van der Waals surface area contributed by atoms with Crippen LogP contribution in [0.25, 0.3) is 0 Å². The molecule has 0 bridgehead atoms. The van der Waals surface area contributed by atoms with Gasteiger partial charge in [-0.05, 0) is 12.1 Å². The summed E-state index contributed by atoms with van der Waals surface area (Å²) in [5.41, 5.74) is -0.480. The van der Waals surface area contributed by atoms with Crippen LogP contribution in [-0.4, -0.2) is 10.4 Å². The molecular formula is C14H14F3N2O+. The maximum Gasteiger partial charge on any atom is 0.416 e. The van der Waals surface area contributed by atoms with Crippen LogP contribution in [0.15, 0.2) is 36.7 Å². The molecule has 0 spiro atoms. The molecule has 0 unspecified atom stereocenters. The molecule has 0 saturated heterocycles. The largest absolute Gasteiger partial charge is 0.416 e. The fraction of sp³-hybridized carbons (Fsp3) is 0.286. The van der Waals surface area contributed by atoms with Crippen molar-refractivity contribution < 1.29 is 22.5 Å². The van der Waals surface area contributed by atoms with Gasteiger partial charge in [0.15, 0.2) is 6.54 Å². The lowest BCUT2D eigenvalue weighted by Gasteiger charge is -2.06. The number of carbonyl (C=O) groups is 1. The first kappa shape index (κ1) is 14.3. The van der Waals surface area contributed by atoms with Gasteiger partial charge in [0.2, 0.25) is 5.78 Å². The third-order valence-electron chi connectivity index (χ3n) is 3.24. The molecule has 0 aliphatic heterocycles. The van der Waals surface area contributed by atoms with E-state index in [0.29, 0.717) is 0 Å². The summed E-state index contributed by atoms with van der Waals surface area (Å²) in [4.78, 5) is 12.0. The molecule has 2 aromatic rings. The Hall–Kier alpha value is -2.11. The number of ketones is 1. The predicted molar refractivity (Wildman–Crippen MR) is 66.1 cm³/mol. The Balaban J connectivity index is 2.16. The molecule has 0 fully saturated rings. The van der Waals surface area contributed by atoms with Crippen molar-refractivity contribution in [3.8, 4) is 0 Å². The van der Waals surface area contributed by atoms with Crippen LogP contribution in [0.2, 0.25) is 0 Å². The van der Waals surface area contributed by atoms with Crippen LogP contribution in [0.1, 0.15) is 21.7 Å². The second-order valence-corrected chi connectivity index (χ2v) is 4.58. The Morgan fingerprint density at radius 3 is 2.30 bits per heavy atom. The van der Waals surface area contributed by atoms with Crippen molar-refractivity contribution in [3.05, 3.63) is 53.6 Å². The quantitative estimate of drug-likeness (QED) is 0.628. The van der Waals surface area contributed by atoms with Gasteiger partial charge in [0.25, 0.3) is 5.82 Å². The highest BCUT2D eigenvalue weighted by molar-refractivity contribution is 5.95. The summed E-state index contributed by atoms with van der Waals surface area (Å²) in [5, 5.41) is 0. The van der Waals surface area contributed by atoms with Gasteiger partial charge >= 0.3 is 6.18 Å². The number of aromatic nitrogens is 2. The Kier molecular flexibility index (Phi) is 3.65. The van der Waals surface area contributed by atoms with Crippen molar-refractivity contribution in [1.29, 1.82) is 0 Å². The number of rotatable bonds is 3. The van der Waals surface area contributed by atoms with Gasteiger partial charge in [-0.25, -0.2) is 9.13 Å². The molecule has 20 heavy (non-hydrogen) atoms. The van der Waals surface area contributed by atoms with E-state index in [9.17, 15) is 18.0 Å². The molecule has 0 amide bonds. The van der Waals surface area contributed by atoms with E-state index in [0.717, 1.165) is 18.0 Å². The minimum absolute atomic E-state index is 0.109. The van der Waals surface area contributed by atoms with E-state index in [1.165, 1.54) is 12.1 Å². The maximum atomic E-state index is 12.4. The van der Waals surface area contributed by atoms with E-state index in [4.69, 9.17) is 0 Å². The maximum absolute atomic E-state index is 12.4. The summed E-state index contributed by atoms with van der Waals surface area (Å²) in [6.45, 7) is 1.97. The van der Waals surface area contributed by atoms with Crippen molar-refractivity contribution in [1.82, 2.24) is 4.57 Å². The highest BCUT2D eigenvalue weighted by Crippen LogP contribution is 2.29. The highest BCUT2D eigenvalue weighted by atomic mass is 19.4. The molecule has 1 aromatic heterocycles. The summed E-state index contributed by atoms with van der Waals surface area (Å²) in [5.74, 6) is 0.670. The zero-order valence-electron chi connectivity index (χ0n) is 11.1. The number of halogens is 3. The van der Waals surface area contributed by atoms with Crippen LogP contribution in [-0.2, 0) is 19.8 Å². The number of aryl methyl sites for hydroxylation is 1. The van der Waals surface area contributed by atoms with E-state index < -0.39 is 11.7 Å². The molecule has 0 aliphatic rings. The number of nitrogens with zero attached hydrogens (tertiary/aromatic N) is 2. The lowest BCUT2D eigenvalue weighted by Crippen LogP contribution is -2.30. The summed E-state index contributed by atoms with van der Waals surface area (Å²) in [7, 11) is 1.86. The minimum atomic E-state index is -4.38. The van der Waals surface area contributed by atoms with E-state index in [2.05, 4.69) is 0 Å². The van der Waals surface area contributed by atoms with Crippen molar-refractivity contribution in [2.75, 3.05) is 0 Å². The van der Waals surface area contributed by atoms with E-state index >= 15 is 0 Å². The van der Waals surface area contributed by atoms with Gasteiger partial charge in [-0.15, -0.1) is 0 Å². The van der Waals surface area contributed by atoms with Crippen LogP contribution in [0, 0.1) is 6.92 Å². The van der Waals surface area contributed by atoms with Gasteiger partial charge in [-0.2, -0.15) is 13.2 Å². The summed E-state index contributed by atoms with van der Waals surface area (Å²) < 4.78 is 40.9. The van der Waals surface area contributed by atoms with Gasteiger partial charge in [0.1, 0.15) is 12.4 Å². The van der Waals surface area contributed by atoms with Gasteiger partial charge in [0.05, 0.1) is 12.6 Å². The monoisotopic (exact) mass is 283 g/mol. The number of benzene rings is 1. The third kappa shape index (κ3) is 2.89. The Morgan fingerprint density at radius 1 is 1.25 bits per heavy atom. The fourth-order valence-electron chi connectivity index (χ4n) is 1.86. The van der Waals surface area contributed by atoms with Gasteiger partial charge < -0.3 is 0 Å². The number of hydrogen-bond donors (Lipinski definition) is 0. The third-order valence-corrected chi connectivity index (χ3v) is 3.24. The van der Waals surface area contributed by atoms with Crippen LogP contribution in [0.4, 0.5) is 13.2 Å². The summed E-state index contributed by atoms with van der Waals surface area (Å²) >= 11 is 0. The second kappa shape index (κ2) is 5.11. The Morgan fingerprint density at radius 2 is 1.85 bits per heavy atom. The van der Waals surface area contributed by atoms with Crippen molar-refractivity contribution >= 4 is 5.78 Å². The Bertz CT molecular complexity index is 627. The normalized spacial score (nSPS) is 11.7. The topological polar surface area (TPSA) is 25.9 Å². The lowest BCUT2D eigenvalue weighted by molar-refractivity contribution is -0.677. The predicted octanol–water partition coefficient (Wildman–Crippen LogP) is 2.52. The van der Waals surface area contributed by atoms with Crippen molar-refractivity contribution in [2.45, 2.75) is 19.6 Å². The van der Waals surface area contributed by atoms with E-state index in [-0.39, 0.29) is 17.9 Å². The first-order valence-corrected chi connectivity index (χ1v) is 6.01. The second-order valence-electron chi connectivity index (χ2n) is 4.58. The van der Waals surface area contributed by atoms with Gasteiger partial charge in [-0.1, -0.05) is 12.1 Å². The van der Waals surface area contributed by atoms with Crippen LogP contribution in [0.5, 0.6) is 0 Å². The number of alkyl halides is 3. The molecule has 1 heterocycles. The molecule has 106 valence electrons. The average molecular weight is 283 g/mol. The van der Waals surface area contributed by atoms with Gasteiger partial charge in [0, 0.05) is 12.5 Å². The molecule has 0 atom stereocenters. The summed E-state index contributed by atoms with van der Waals surface area (Å²) in [6, 6.07) is 4.28. The first-order chi connectivity index (χ1) is 9.29. The lowest BCUT2D eigenvalue weighted by atomic mass is 10.1. The van der Waals surface area contributed by atoms with Crippen LogP contribution in [0.3, 0.4) is 0 Å². The SMILES string of the molecule is Cc1n(CC(=O)c2ccc(C(F)(F)F)cc2)cc[n+]1C. The first-order valence-electron chi connectivity index (χ1n) is 6.01. The van der Waals surface area contributed by atoms with Gasteiger partial charge in [-0.3, -0.25) is 4.79 Å². The van der Waals surface area contributed by atoms with Crippen LogP contribution >= 0.6 is 0 Å². The van der Waals surface area contributed by atoms with E-state index in [1.807, 2.05) is 24.7 Å². The molecule has 2 rings (SSSR count). The average Bonchev–Trinajstić information content (AvgIpc) is 2.70. The van der Waals surface area contributed by atoms with E-state index in [1.54, 1.807) is 10.8 Å².